The summed E-state index contributed by atoms with van der Waals surface area (Å²) in [6, 6.07) is 13.6. The van der Waals surface area contributed by atoms with Gasteiger partial charge in [0.25, 0.3) is 5.91 Å². The largest absolute Gasteiger partial charge is 0.494 e. The minimum atomic E-state index is -0.432. The number of aromatic nitrogens is 4. The van der Waals surface area contributed by atoms with Crippen molar-refractivity contribution in [3.63, 3.8) is 0 Å². The Morgan fingerprint density at radius 2 is 1.73 bits per heavy atom. The van der Waals surface area contributed by atoms with Crippen molar-refractivity contribution in [2.45, 2.75) is 60.4 Å². The van der Waals surface area contributed by atoms with Gasteiger partial charge in [-0.25, -0.2) is 4.79 Å². The SMILES string of the molecule is COC(=O)c1cc2cc(C)cc(N3C[C@@H](C)n4c(c(CCCOc5cc(C)c(Cl)c(C)c5)c5ccc(Cl)c(-c6c(C)n[nH]c6C)c54)C3=O)c2n1C. The first-order valence-corrected chi connectivity index (χ1v) is 17.8. The number of amides is 1. The predicted molar refractivity (Wildman–Crippen MR) is 204 cm³/mol. The molecule has 1 amide bonds. The van der Waals surface area contributed by atoms with Gasteiger partial charge in [0.05, 0.1) is 41.2 Å². The molecule has 0 spiro atoms. The summed E-state index contributed by atoms with van der Waals surface area (Å²) < 4.78 is 15.3. The first-order chi connectivity index (χ1) is 24.3. The molecule has 3 aromatic carbocycles. The number of anilines is 1. The zero-order valence-corrected chi connectivity index (χ0v) is 31.6. The third-order valence-electron chi connectivity index (χ3n) is 10.1. The van der Waals surface area contributed by atoms with E-state index in [4.69, 9.17) is 32.7 Å². The van der Waals surface area contributed by atoms with Crippen LogP contribution in [0.2, 0.25) is 10.0 Å². The van der Waals surface area contributed by atoms with Gasteiger partial charge in [0.2, 0.25) is 0 Å². The fourth-order valence-electron chi connectivity index (χ4n) is 7.85. The average molecular weight is 727 g/mol. The molecule has 0 unspecified atom stereocenters. The molecular weight excluding hydrogens is 685 g/mol. The summed E-state index contributed by atoms with van der Waals surface area (Å²) in [7, 11) is 3.21. The van der Waals surface area contributed by atoms with Gasteiger partial charge in [-0.15, -0.1) is 0 Å². The predicted octanol–water partition coefficient (Wildman–Crippen LogP) is 9.39. The summed E-state index contributed by atoms with van der Waals surface area (Å²) in [5, 5.41) is 10.8. The number of carbonyl (C=O) groups excluding carboxylic acids is 2. The number of benzene rings is 3. The monoisotopic (exact) mass is 725 g/mol. The van der Waals surface area contributed by atoms with Crippen LogP contribution in [0.1, 0.15) is 74.0 Å². The zero-order valence-electron chi connectivity index (χ0n) is 30.1. The van der Waals surface area contributed by atoms with Crippen LogP contribution in [0.15, 0.2) is 42.5 Å². The number of nitrogens with one attached hydrogen (secondary N) is 1. The number of esters is 1. The van der Waals surface area contributed by atoms with Crippen LogP contribution in [0.4, 0.5) is 5.69 Å². The number of aryl methyl sites for hydroxylation is 7. The van der Waals surface area contributed by atoms with Crippen molar-refractivity contribution in [2.24, 2.45) is 7.05 Å². The summed E-state index contributed by atoms with van der Waals surface area (Å²) in [5.74, 6) is 0.226. The molecule has 0 aliphatic carbocycles. The second kappa shape index (κ2) is 13.1. The number of rotatable bonds is 8. The minimum absolute atomic E-state index is 0.111. The van der Waals surface area contributed by atoms with Crippen LogP contribution >= 0.6 is 23.2 Å². The molecule has 0 fully saturated rings. The molecule has 6 aromatic rings. The van der Waals surface area contributed by atoms with Gasteiger partial charge >= 0.3 is 5.97 Å². The molecule has 1 N–H and O–H groups in total. The second-order valence-electron chi connectivity index (χ2n) is 13.7. The van der Waals surface area contributed by atoms with Crippen LogP contribution in [0.5, 0.6) is 5.75 Å². The smallest absolute Gasteiger partial charge is 0.354 e. The van der Waals surface area contributed by atoms with Crippen LogP contribution in [0, 0.1) is 34.6 Å². The first-order valence-electron chi connectivity index (χ1n) is 17.1. The molecule has 264 valence electrons. The maximum Gasteiger partial charge on any atom is 0.354 e. The lowest BCUT2D eigenvalue weighted by molar-refractivity contribution is 0.0590. The summed E-state index contributed by atoms with van der Waals surface area (Å²) in [6.07, 6.45) is 1.27. The van der Waals surface area contributed by atoms with Gasteiger partial charge < -0.3 is 23.5 Å². The molecule has 11 heteroatoms. The third-order valence-corrected chi connectivity index (χ3v) is 11.0. The Hall–Kier alpha value is -4.73. The number of aromatic amines is 1. The van der Waals surface area contributed by atoms with E-state index in [1.807, 2.05) is 93.6 Å². The number of H-pyrrole nitrogens is 1. The van der Waals surface area contributed by atoms with Crippen LogP contribution in [0.3, 0.4) is 0 Å². The number of methoxy groups -OCH3 is 1. The summed E-state index contributed by atoms with van der Waals surface area (Å²) in [6.45, 7) is 12.9. The number of hydrogen-bond acceptors (Lipinski definition) is 5. The fraction of sp³-hybridized carbons (Fsp3) is 0.325. The molecule has 1 aliphatic rings. The average Bonchev–Trinajstić information content (AvgIpc) is 3.73. The molecule has 1 atom stereocenters. The van der Waals surface area contributed by atoms with Gasteiger partial charge in [0, 0.05) is 52.3 Å². The Kier molecular flexibility index (Phi) is 8.92. The number of hydrogen-bond donors (Lipinski definition) is 1. The lowest BCUT2D eigenvalue weighted by atomic mass is 9.98. The van der Waals surface area contributed by atoms with Crippen molar-refractivity contribution in [1.82, 2.24) is 19.3 Å². The van der Waals surface area contributed by atoms with E-state index in [9.17, 15) is 4.79 Å². The normalized spacial score (nSPS) is 14.5. The van der Waals surface area contributed by atoms with Crippen LogP contribution in [0.25, 0.3) is 32.9 Å². The molecule has 9 nitrogen and oxygen atoms in total. The lowest BCUT2D eigenvalue weighted by Crippen LogP contribution is -2.43. The van der Waals surface area contributed by atoms with E-state index < -0.39 is 5.97 Å². The highest BCUT2D eigenvalue weighted by Crippen LogP contribution is 2.45. The standard InChI is InChI=1S/C40H41Cl2N5O4/c1-20-14-26-18-32(40(49)50-8)45(7)36(26)31(15-20)46-19-23(4)47-37-29(11-12-30(41)34(37)33-24(5)43-44-25(33)6)28(38(47)39(46)48)10-9-13-51-27-16-21(2)35(42)22(3)17-27/h11-12,14-18,23H,9-10,13,19H2,1-8H3,(H,43,44)/t23-/m1/s1. The first kappa shape index (κ1) is 34.7. The molecule has 1 aliphatic heterocycles. The van der Waals surface area contributed by atoms with E-state index in [1.54, 1.807) is 0 Å². The molecule has 51 heavy (non-hydrogen) atoms. The fourth-order valence-corrected chi connectivity index (χ4v) is 8.21. The zero-order chi connectivity index (χ0) is 36.5. The van der Waals surface area contributed by atoms with Crippen molar-refractivity contribution >= 4 is 62.6 Å². The minimum Gasteiger partial charge on any atom is -0.494 e. The number of nitrogens with zero attached hydrogens (tertiary/aromatic N) is 4. The van der Waals surface area contributed by atoms with E-state index >= 15 is 4.79 Å². The maximum absolute atomic E-state index is 15.1. The topological polar surface area (TPSA) is 94.4 Å². The van der Waals surface area contributed by atoms with E-state index in [2.05, 4.69) is 21.7 Å². The van der Waals surface area contributed by atoms with Gasteiger partial charge in [-0.2, -0.15) is 5.10 Å². The van der Waals surface area contributed by atoms with Gasteiger partial charge in [-0.05, 0) is 113 Å². The van der Waals surface area contributed by atoms with Crippen molar-refractivity contribution in [3.05, 3.63) is 97.5 Å². The van der Waals surface area contributed by atoms with E-state index in [0.717, 1.165) is 83.0 Å². The highest BCUT2D eigenvalue weighted by atomic mass is 35.5. The molecule has 0 saturated carbocycles. The van der Waals surface area contributed by atoms with Gasteiger partial charge in [-0.3, -0.25) is 9.89 Å². The summed E-state index contributed by atoms with van der Waals surface area (Å²) in [4.78, 5) is 29.7. The Labute approximate surface area is 307 Å². The molecule has 0 bridgehead atoms. The van der Waals surface area contributed by atoms with E-state index in [1.165, 1.54) is 7.11 Å². The molecule has 3 aromatic heterocycles. The van der Waals surface area contributed by atoms with Crippen molar-refractivity contribution < 1.29 is 19.1 Å². The number of halogens is 2. The highest BCUT2D eigenvalue weighted by molar-refractivity contribution is 6.35. The van der Waals surface area contributed by atoms with Crippen molar-refractivity contribution in [3.8, 4) is 16.9 Å². The van der Waals surface area contributed by atoms with Crippen LogP contribution in [-0.2, 0) is 18.2 Å². The second-order valence-corrected chi connectivity index (χ2v) is 14.5. The van der Waals surface area contributed by atoms with Gasteiger partial charge in [-0.1, -0.05) is 29.3 Å². The Bertz CT molecular complexity index is 2360. The summed E-state index contributed by atoms with van der Waals surface area (Å²) in [5.41, 5.74) is 10.9. The Morgan fingerprint density at radius 1 is 1.00 bits per heavy atom. The molecule has 0 radical (unpaired) electrons. The van der Waals surface area contributed by atoms with Gasteiger partial charge in [0.1, 0.15) is 17.1 Å². The number of ether oxygens (including phenoxy) is 2. The number of carbonyl (C=O) groups is 2. The quantitative estimate of drug-likeness (QED) is 0.125. The van der Waals surface area contributed by atoms with Crippen molar-refractivity contribution in [2.75, 3.05) is 25.2 Å². The van der Waals surface area contributed by atoms with Crippen LogP contribution in [-0.4, -0.2) is 51.5 Å². The Morgan fingerprint density at radius 3 is 2.39 bits per heavy atom. The lowest BCUT2D eigenvalue weighted by Gasteiger charge is -2.35. The number of fused-ring (bicyclic) bond motifs is 4. The molecule has 4 heterocycles. The molecular formula is C40H41Cl2N5O4. The maximum atomic E-state index is 15.1. The molecule has 7 rings (SSSR count). The third kappa shape index (κ3) is 5.67. The van der Waals surface area contributed by atoms with Crippen LogP contribution < -0.4 is 9.64 Å². The highest BCUT2D eigenvalue weighted by Gasteiger charge is 2.37. The Balaban J connectivity index is 1.38. The summed E-state index contributed by atoms with van der Waals surface area (Å²) >= 11 is 13.5. The van der Waals surface area contributed by atoms with Gasteiger partial charge in [0.15, 0.2) is 0 Å². The molecule has 0 saturated heterocycles. The van der Waals surface area contributed by atoms with E-state index in [0.29, 0.717) is 42.4 Å². The van der Waals surface area contributed by atoms with Crippen molar-refractivity contribution in [1.29, 1.82) is 0 Å². The van der Waals surface area contributed by atoms with E-state index in [-0.39, 0.29) is 11.9 Å².